The van der Waals surface area contributed by atoms with Crippen molar-refractivity contribution in [3.8, 4) is 0 Å². The number of carbonyl (C=O) groups excluding carboxylic acids is 1. The van der Waals surface area contributed by atoms with Crippen LogP contribution in [0.5, 0.6) is 0 Å². The minimum Gasteiger partial charge on any atom is -0.481 e. The van der Waals surface area contributed by atoms with E-state index in [1.807, 2.05) is 27.7 Å². The van der Waals surface area contributed by atoms with E-state index >= 15 is 0 Å². The van der Waals surface area contributed by atoms with Crippen LogP contribution in [0.2, 0.25) is 0 Å². The molecule has 2 N–H and O–H groups in total. The summed E-state index contributed by atoms with van der Waals surface area (Å²) in [5.41, 5.74) is -0.371. The molecule has 5 nitrogen and oxygen atoms in total. The molecule has 0 saturated carbocycles. The second kappa shape index (κ2) is 7.27. The zero-order chi connectivity index (χ0) is 13.5. The van der Waals surface area contributed by atoms with E-state index in [0.717, 1.165) is 6.42 Å². The second-order valence-electron chi connectivity index (χ2n) is 5.05. The van der Waals surface area contributed by atoms with Gasteiger partial charge in [-0.05, 0) is 27.2 Å². The third-order valence-electron chi connectivity index (χ3n) is 2.06. The number of hydrogen-bond acceptors (Lipinski definition) is 3. The predicted molar refractivity (Wildman–Crippen MR) is 64.8 cm³/mol. The Labute approximate surface area is 103 Å². The van der Waals surface area contributed by atoms with Gasteiger partial charge in [-0.25, -0.2) is 0 Å². The molecule has 0 aromatic heterocycles. The smallest absolute Gasteiger partial charge is 0.305 e. The van der Waals surface area contributed by atoms with Crippen LogP contribution in [0.25, 0.3) is 0 Å². The summed E-state index contributed by atoms with van der Waals surface area (Å²) in [7, 11) is 0. The third-order valence-corrected chi connectivity index (χ3v) is 2.06. The van der Waals surface area contributed by atoms with E-state index in [2.05, 4.69) is 5.32 Å². The summed E-state index contributed by atoms with van der Waals surface area (Å²) in [6, 6.07) is -0.312. The Morgan fingerprint density at radius 2 is 1.94 bits per heavy atom. The number of aliphatic carboxylic acids is 1. The van der Waals surface area contributed by atoms with Crippen molar-refractivity contribution < 1.29 is 19.4 Å². The van der Waals surface area contributed by atoms with Crippen molar-refractivity contribution in [3.05, 3.63) is 0 Å². The summed E-state index contributed by atoms with van der Waals surface area (Å²) in [4.78, 5) is 22.1. The van der Waals surface area contributed by atoms with Crippen LogP contribution in [0.3, 0.4) is 0 Å². The maximum Gasteiger partial charge on any atom is 0.305 e. The molecule has 0 aliphatic heterocycles. The van der Waals surface area contributed by atoms with Crippen LogP contribution in [0.4, 0.5) is 0 Å². The summed E-state index contributed by atoms with van der Waals surface area (Å²) in [5.74, 6) is -1.17. The largest absolute Gasteiger partial charge is 0.481 e. The van der Waals surface area contributed by atoms with Crippen molar-refractivity contribution in [1.29, 1.82) is 0 Å². The van der Waals surface area contributed by atoms with Crippen molar-refractivity contribution in [1.82, 2.24) is 5.32 Å². The number of carboxylic acid groups (broad SMARTS) is 1. The monoisotopic (exact) mass is 245 g/mol. The van der Waals surface area contributed by atoms with Crippen LogP contribution in [-0.4, -0.2) is 35.2 Å². The quantitative estimate of drug-likeness (QED) is 0.713. The van der Waals surface area contributed by atoms with Crippen LogP contribution < -0.4 is 5.32 Å². The predicted octanol–water partition coefficient (Wildman–Crippen LogP) is 1.56. The third kappa shape index (κ3) is 9.81. The average molecular weight is 245 g/mol. The van der Waals surface area contributed by atoms with Crippen LogP contribution >= 0.6 is 0 Å². The Morgan fingerprint density at radius 3 is 2.35 bits per heavy atom. The number of amides is 1. The lowest BCUT2D eigenvalue weighted by molar-refractivity contribution is -0.138. The fraction of sp³-hybridized carbons (Fsp3) is 0.833. The Bertz CT molecular complexity index is 258. The summed E-state index contributed by atoms with van der Waals surface area (Å²) >= 11 is 0. The molecule has 0 aliphatic rings. The lowest BCUT2D eigenvalue weighted by Crippen LogP contribution is -2.40. The molecular formula is C12H23NO4. The summed E-state index contributed by atoms with van der Waals surface area (Å²) < 4.78 is 5.32. The fourth-order valence-electron chi connectivity index (χ4n) is 1.34. The first-order chi connectivity index (χ1) is 7.74. The lowest BCUT2D eigenvalue weighted by atomic mass is 10.1. The summed E-state index contributed by atoms with van der Waals surface area (Å²) in [6.07, 6.45) is 1.45. The standard InChI is InChI=1S/C12H23NO4/c1-5-6-9(7-11(15)16)13-10(14)8-17-12(2,3)4/h9H,5-8H2,1-4H3,(H,13,14)(H,15,16). The number of rotatable bonds is 7. The molecule has 0 aromatic rings. The minimum absolute atomic E-state index is 0.0384. The Balaban J connectivity index is 4.07. The molecule has 5 heteroatoms. The van der Waals surface area contributed by atoms with Crippen LogP contribution in [0, 0.1) is 0 Å². The number of carbonyl (C=O) groups is 2. The van der Waals surface area contributed by atoms with Gasteiger partial charge in [-0.3, -0.25) is 9.59 Å². The molecule has 0 rings (SSSR count). The highest BCUT2D eigenvalue weighted by atomic mass is 16.5. The SMILES string of the molecule is CCCC(CC(=O)O)NC(=O)COC(C)(C)C. The molecule has 0 fully saturated rings. The van der Waals surface area contributed by atoms with Gasteiger partial charge < -0.3 is 15.2 Å². The molecule has 0 radical (unpaired) electrons. The molecule has 0 saturated heterocycles. The van der Waals surface area contributed by atoms with Gasteiger partial charge in [0.05, 0.1) is 12.0 Å². The maximum absolute atomic E-state index is 11.5. The van der Waals surface area contributed by atoms with Gasteiger partial charge in [-0.15, -0.1) is 0 Å². The molecule has 1 amide bonds. The Kier molecular flexibility index (Phi) is 6.80. The van der Waals surface area contributed by atoms with Gasteiger partial charge in [0.25, 0.3) is 0 Å². The van der Waals surface area contributed by atoms with E-state index in [1.165, 1.54) is 0 Å². The van der Waals surface area contributed by atoms with Crippen molar-refractivity contribution in [2.45, 2.75) is 58.6 Å². The molecule has 0 aliphatic carbocycles. The van der Waals surface area contributed by atoms with E-state index in [-0.39, 0.29) is 30.6 Å². The van der Waals surface area contributed by atoms with E-state index in [4.69, 9.17) is 9.84 Å². The highest BCUT2D eigenvalue weighted by Crippen LogP contribution is 2.06. The van der Waals surface area contributed by atoms with Gasteiger partial charge in [0.2, 0.25) is 5.91 Å². The van der Waals surface area contributed by atoms with Crippen LogP contribution in [0.1, 0.15) is 47.0 Å². The second-order valence-corrected chi connectivity index (χ2v) is 5.05. The molecule has 0 bridgehead atoms. The number of nitrogens with one attached hydrogen (secondary N) is 1. The Hall–Kier alpha value is -1.10. The van der Waals surface area contributed by atoms with Crippen molar-refractivity contribution in [2.24, 2.45) is 0 Å². The van der Waals surface area contributed by atoms with E-state index in [9.17, 15) is 9.59 Å². The van der Waals surface area contributed by atoms with E-state index < -0.39 is 5.97 Å². The average Bonchev–Trinajstić information content (AvgIpc) is 2.13. The minimum atomic E-state index is -0.902. The van der Waals surface area contributed by atoms with E-state index in [1.54, 1.807) is 0 Å². The molecule has 0 heterocycles. The van der Waals surface area contributed by atoms with Crippen LogP contribution in [-0.2, 0) is 14.3 Å². The van der Waals surface area contributed by atoms with Gasteiger partial charge in [0.1, 0.15) is 6.61 Å². The number of hydrogen-bond donors (Lipinski definition) is 2. The molecule has 1 unspecified atom stereocenters. The molecule has 0 spiro atoms. The van der Waals surface area contributed by atoms with Crippen molar-refractivity contribution in [2.75, 3.05) is 6.61 Å². The molecule has 1 atom stereocenters. The number of ether oxygens (including phenoxy) is 1. The van der Waals surface area contributed by atoms with Crippen molar-refractivity contribution >= 4 is 11.9 Å². The zero-order valence-corrected chi connectivity index (χ0v) is 11.1. The van der Waals surface area contributed by atoms with Gasteiger partial charge in [0, 0.05) is 6.04 Å². The molecule has 17 heavy (non-hydrogen) atoms. The molecule has 100 valence electrons. The first-order valence-corrected chi connectivity index (χ1v) is 5.89. The van der Waals surface area contributed by atoms with E-state index in [0.29, 0.717) is 6.42 Å². The molecular weight excluding hydrogens is 222 g/mol. The highest BCUT2D eigenvalue weighted by molar-refractivity contribution is 5.78. The Morgan fingerprint density at radius 1 is 1.35 bits per heavy atom. The lowest BCUT2D eigenvalue weighted by Gasteiger charge is -2.21. The molecule has 0 aromatic carbocycles. The van der Waals surface area contributed by atoms with Crippen molar-refractivity contribution in [3.63, 3.8) is 0 Å². The number of carboxylic acids is 1. The first kappa shape index (κ1) is 15.9. The van der Waals surface area contributed by atoms with Gasteiger partial charge in [-0.2, -0.15) is 0 Å². The maximum atomic E-state index is 11.5. The highest BCUT2D eigenvalue weighted by Gasteiger charge is 2.17. The van der Waals surface area contributed by atoms with Crippen LogP contribution in [0.15, 0.2) is 0 Å². The van der Waals surface area contributed by atoms with Gasteiger partial charge in [0.15, 0.2) is 0 Å². The van der Waals surface area contributed by atoms with Gasteiger partial charge in [-0.1, -0.05) is 13.3 Å². The fourth-order valence-corrected chi connectivity index (χ4v) is 1.34. The first-order valence-electron chi connectivity index (χ1n) is 5.89. The topological polar surface area (TPSA) is 75.6 Å². The zero-order valence-electron chi connectivity index (χ0n) is 11.1. The van der Waals surface area contributed by atoms with Gasteiger partial charge >= 0.3 is 5.97 Å². The summed E-state index contributed by atoms with van der Waals surface area (Å²) in [5, 5.41) is 11.4. The normalized spacial score (nSPS) is 13.2. The summed E-state index contributed by atoms with van der Waals surface area (Å²) in [6.45, 7) is 7.50.